The maximum Gasteiger partial charge on any atom is 0.257 e. The molecule has 1 aliphatic carbocycles. The summed E-state index contributed by atoms with van der Waals surface area (Å²) in [5.74, 6) is -2.08. The molecule has 4 nitrogen and oxygen atoms in total. The lowest BCUT2D eigenvalue weighted by molar-refractivity contribution is -0.117. The molecule has 10 heteroatoms. The number of alkyl halides is 2. The van der Waals surface area contributed by atoms with Crippen LogP contribution in [0.1, 0.15) is 21.8 Å². The molecule has 2 atom stereocenters. The van der Waals surface area contributed by atoms with Gasteiger partial charge in [0, 0.05) is 32.4 Å². The van der Waals surface area contributed by atoms with E-state index in [-0.39, 0.29) is 10.6 Å². The van der Waals surface area contributed by atoms with E-state index in [1.807, 2.05) is 0 Å². The van der Waals surface area contributed by atoms with E-state index in [4.69, 9.17) is 69.6 Å². The van der Waals surface area contributed by atoms with Gasteiger partial charge in [-0.25, -0.2) is 0 Å². The van der Waals surface area contributed by atoms with Crippen molar-refractivity contribution in [2.24, 2.45) is 5.92 Å². The SMILES string of the molecule is O=C(Nc1ccc(Cl)cc1)c1cc(NC(=O)C2C(c3cc(Cl)cc(Cl)c3)C2(Cl)Cl)ccc1Cl. The number of hydrogen-bond donors (Lipinski definition) is 2. The number of nitrogens with one attached hydrogen (secondary N) is 2. The van der Waals surface area contributed by atoms with Crippen molar-refractivity contribution in [3.63, 3.8) is 0 Å². The van der Waals surface area contributed by atoms with Crippen LogP contribution in [0.2, 0.25) is 20.1 Å². The van der Waals surface area contributed by atoms with E-state index in [0.717, 1.165) is 0 Å². The Balaban J connectivity index is 1.50. The van der Waals surface area contributed by atoms with E-state index in [1.54, 1.807) is 48.5 Å². The van der Waals surface area contributed by atoms with Gasteiger partial charge in [0.1, 0.15) is 4.33 Å². The molecule has 1 fully saturated rings. The molecule has 3 aromatic rings. The second-order valence-electron chi connectivity index (χ2n) is 7.48. The number of carbonyl (C=O) groups excluding carboxylic acids is 2. The predicted octanol–water partition coefficient (Wildman–Crippen LogP) is 8.08. The lowest BCUT2D eigenvalue weighted by Crippen LogP contribution is -2.18. The second-order valence-corrected chi connectivity index (χ2v) is 10.6. The second kappa shape index (κ2) is 9.53. The summed E-state index contributed by atoms with van der Waals surface area (Å²) in [7, 11) is 0. The summed E-state index contributed by atoms with van der Waals surface area (Å²) in [5, 5.41) is 7.09. The Bertz CT molecular complexity index is 1230. The van der Waals surface area contributed by atoms with Crippen LogP contribution >= 0.6 is 69.6 Å². The number of amides is 2. The molecule has 0 radical (unpaired) electrons. The molecule has 0 spiro atoms. The minimum atomic E-state index is -1.32. The van der Waals surface area contributed by atoms with E-state index < -0.39 is 28.0 Å². The molecular weight excluding hydrogens is 549 g/mol. The summed E-state index contributed by atoms with van der Waals surface area (Å²) < 4.78 is -1.32. The van der Waals surface area contributed by atoms with Crippen LogP contribution in [0.3, 0.4) is 0 Å². The summed E-state index contributed by atoms with van der Waals surface area (Å²) in [6.07, 6.45) is 0. The van der Waals surface area contributed by atoms with Crippen LogP contribution in [0.15, 0.2) is 60.7 Å². The fraction of sp³-hybridized carbons (Fsp3) is 0.130. The molecule has 33 heavy (non-hydrogen) atoms. The fourth-order valence-electron chi connectivity index (χ4n) is 3.55. The maximum absolute atomic E-state index is 12.9. The van der Waals surface area contributed by atoms with E-state index in [0.29, 0.717) is 32.0 Å². The van der Waals surface area contributed by atoms with Crippen LogP contribution < -0.4 is 10.6 Å². The largest absolute Gasteiger partial charge is 0.326 e. The molecule has 2 amide bonds. The van der Waals surface area contributed by atoms with Gasteiger partial charge >= 0.3 is 0 Å². The first-order chi connectivity index (χ1) is 15.6. The Labute approximate surface area is 220 Å². The minimum absolute atomic E-state index is 0.182. The molecular formula is C23H14Cl6N2O2. The quantitative estimate of drug-likeness (QED) is 0.309. The molecule has 0 aliphatic heterocycles. The lowest BCUT2D eigenvalue weighted by atomic mass is 10.1. The number of benzene rings is 3. The molecule has 0 aromatic heterocycles. The molecule has 0 saturated heterocycles. The predicted molar refractivity (Wildman–Crippen MR) is 137 cm³/mol. The topological polar surface area (TPSA) is 58.2 Å². The maximum atomic E-state index is 12.9. The molecule has 0 bridgehead atoms. The van der Waals surface area contributed by atoms with Gasteiger partial charge in [0.2, 0.25) is 5.91 Å². The molecule has 3 aromatic carbocycles. The van der Waals surface area contributed by atoms with Crippen LogP contribution in [0.5, 0.6) is 0 Å². The zero-order valence-electron chi connectivity index (χ0n) is 16.5. The molecule has 170 valence electrons. The first-order valence-corrected chi connectivity index (χ1v) is 11.8. The van der Waals surface area contributed by atoms with Crippen molar-refractivity contribution >= 4 is 92.8 Å². The van der Waals surface area contributed by atoms with Gasteiger partial charge in [-0.1, -0.05) is 46.4 Å². The highest BCUT2D eigenvalue weighted by atomic mass is 35.5. The van der Waals surface area contributed by atoms with Crippen molar-refractivity contribution in [3.8, 4) is 0 Å². The van der Waals surface area contributed by atoms with Crippen LogP contribution in [-0.4, -0.2) is 16.1 Å². The number of hydrogen-bond acceptors (Lipinski definition) is 2. The Morgan fingerprint density at radius 3 is 1.97 bits per heavy atom. The minimum Gasteiger partial charge on any atom is -0.326 e. The standard InChI is InChI=1S/C23H14Cl6N2O2/c24-12-1-3-15(4-2-12)30-21(32)17-10-16(5-6-18(17)27)31-22(33)20-19(23(20,28)29)11-7-13(25)9-14(26)8-11/h1-10,19-20H,(H,30,32)(H,31,33). The van der Waals surface area contributed by atoms with Gasteiger partial charge in [0.05, 0.1) is 16.5 Å². The molecule has 2 unspecified atom stereocenters. The lowest BCUT2D eigenvalue weighted by Gasteiger charge is -2.10. The third kappa shape index (κ3) is 5.37. The number of anilines is 2. The zero-order chi connectivity index (χ0) is 23.9. The van der Waals surface area contributed by atoms with E-state index in [2.05, 4.69) is 10.6 Å². The Morgan fingerprint density at radius 1 is 0.727 bits per heavy atom. The number of carbonyl (C=O) groups is 2. The van der Waals surface area contributed by atoms with Crippen molar-refractivity contribution in [3.05, 3.63) is 91.9 Å². The van der Waals surface area contributed by atoms with Gasteiger partial charge in [0.25, 0.3) is 5.91 Å². The van der Waals surface area contributed by atoms with E-state index in [1.165, 1.54) is 12.1 Å². The van der Waals surface area contributed by atoms with Gasteiger partial charge in [0.15, 0.2) is 0 Å². The zero-order valence-corrected chi connectivity index (χ0v) is 21.0. The average molecular weight is 563 g/mol. The first kappa shape index (κ1) is 24.5. The Kier molecular flexibility index (Phi) is 7.07. The summed E-state index contributed by atoms with van der Waals surface area (Å²) in [4.78, 5) is 25.6. The molecule has 1 saturated carbocycles. The first-order valence-electron chi connectivity index (χ1n) is 9.57. The highest BCUT2D eigenvalue weighted by molar-refractivity contribution is 6.53. The molecule has 4 rings (SSSR count). The summed E-state index contributed by atoms with van der Waals surface area (Å²) in [5.41, 5.74) is 1.76. The van der Waals surface area contributed by atoms with Gasteiger partial charge in [-0.15, -0.1) is 23.2 Å². The third-order valence-electron chi connectivity index (χ3n) is 5.16. The van der Waals surface area contributed by atoms with Crippen molar-refractivity contribution in [1.29, 1.82) is 0 Å². The van der Waals surface area contributed by atoms with Crippen LogP contribution in [0.25, 0.3) is 0 Å². The number of rotatable bonds is 5. The highest BCUT2D eigenvalue weighted by Crippen LogP contribution is 2.65. The van der Waals surface area contributed by atoms with E-state index >= 15 is 0 Å². The van der Waals surface area contributed by atoms with Crippen LogP contribution in [-0.2, 0) is 4.79 Å². The summed E-state index contributed by atoms with van der Waals surface area (Å²) >= 11 is 37.0. The van der Waals surface area contributed by atoms with Gasteiger partial charge in [-0.2, -0.15) is 0 Å². The average Bonchev–Trinajstić information content (AvgIpc) is 3.32. The van der Waals surface area contributed by atoms with Gasteiger partial charge in [-0.05, 0) is 66.2 Å². The molecule has 1 aliphatic rings. The normalized spacial score (nSPS) is 18.5. The third-order valence-corrected chi connectivity index (χ3v) is 7.12. The van der Waals surface area contributed by atoms with Crippen LogP contribution in [0, 0.1) is 5.92 Å². The van der Waals surface area contributed by atoms with Crippen LogP contribution in [0.4, 0.5) is 11.4 Å². The van der Waals surface area contributed by atoms with Crippen molar-refractivity contribution in [2.45, 2.75) is 10.3 Å². The van der Waals surface area contributed by atoms with Gasteiger partial charge in [-0.3, -0.25) is 9.59 Å². The smallest absolute Gasteiger partial charge is 0.257 e. The van der Waals surface area contributed by atoms with Crippen molar-refractivity contribution < 1.29 is 9.59 Å². The Hall–Kier alpha value is -1.66. The molecule has 2 N–H and O–H groups in total. The molecule has 0 heterocycles. The number of halogens is 6. The summed E-state index contributed by atoms with van der Waals surface area (Å²) in [6.45, 7) is 0. The van der Waals surface area contributed by atoms with Crippen molar-refractivity contribution in [1.82, 2.24) is 0 Å². The highest BCUT2D eigenvalue weighted by Gasteiger charge is 2.67. The van der Waals surface area contributed by atoms with E-state index in [9.17, 15) is 9.59 Å². The van der Waals surface area contributed by atoms with Crippen molar-refractivity contribution in [2.75, 3.05) is 10.6 Å². The van der Waals surface area contributed by atoms with Gasteiger partial charge < -0.3 is 10.6 Å². The fourth-order valence-corrected chi connectivity index (χ4v) is 5.25. The summed E-state index contributed by atoms with van der Waals surface area (Å²) in [6, 6.07) is 16.1. The monoisotopic (exact) mass is 560 g/mol. The Morgan fingerprint density at radius 2 is 1.33 bits per heavy atom.